The Hall–Kier alpha value is -4.18. The molecule has 0 aliphatic carbocycles. The molecule has 1 unspecified atom stereocenters. The van der Waals surface area contributed by atoms with Crippen LogP contribution in [-0.2, 0) is 6.54 Å². The molecule has 2 aromatic heterocycles. The highest BCUT2D eigenvalue weighted by Gasteiger charge is 2.27. The second-order valence-corrected chi connectivity index (χ2v) is 8.09. The number of hydrogen-bond donors (Lipinski definition) is 1. The second kappa shape index (κ2) is 7.82. The number of H-pyrrole nitrogens is 1. The van der Waals surface area contributed by atoms with Crippen LogP contribution in [0.4, 0.5) is 0 Å². The van der Waals surface area contributed by atoms with Gasteiger partial charge in [0.15, 0.2) is 28.1 Å². The first kappa shape index (κ1) is 18.6. The lowest BCUT2D eigenvalue weighted by molar-refractivity contribution is -0.768. The number of fused-ring (bicyclic) bond motifs is 2. The van der Waals surface area contributed by atoms with E-state index in [1.165, 1.54) is 27.8 Å². The van der Waals surface area contributed by atoms with Gasteiger partial charge in [-0.15, -0.1) is 0 Å². The first-order chi connectivity index (χ1) is 15.9. The van der Waals surface area contributed by atoms with Gasteiger partial charge in [0.25, 0.3) is 0 Å². The molecule has 2 heterocycles. The van der Waals surface area contributed by atoms with Gasteiger partial charge in [0.05, 0.1) is 0 Å². The van der Waals surface area contributed by atoms with Crippen LogP contribution >= 0.6 is 0 Å². The summed E-state index contributed by atoms with van der Waals surface area (Å²) in [6, 6.07) is 38.5. The van der Waals surface area contributed by atoms with Crippen molar-refractivity contribution < 1.29 is 9.13 Å². The summed E-state index contributed by atoms with van der Waals surface area (Å²) in [6.45, 7) is 0.816. The molecule has 0 spiro atoms. The van der Waals surface area contributed by atoms with E-state index in [1.807, 2.05) is 0 Å². The molecule has 1 N–H and O–H groups in total. The van der Waals surface area contributed by atoms with Crippen molar-refractivity contribution in [2.75, 3.05) is 0 Å². The van der Waals surface area contributed by atoms with Crippen LogP contribution < -0.4 is 9.13 Å². The molecule has 6 rings (SSSR count). The molecule has 0 aliphatic heterocycles. The minimum Gasteiger partial charge on any atom is -0.243 e. The number of imidazole rings is 2. The quantitative estimate of drug-likeness (QED) is 0.384. The molecule has 0 aliphatic rings. The molecule has 0 saturated carbocycles. The monoisotopic (exact) mass is 416 g/mol. The number of aromatic nitrogens is 4. The van der Waals surface area contributed by atoms with Gasteiger partial charge in [0.2, 0.25) is 12.7 Å². The average molecular weight is 417 g/mol. The molecule has 1 atom stereocenters. The van der Waals surface area contributed by atoms with Crippen molar-refractivity contribution >= 4 is 22.1 Å². The van der Waals surface area contributed by atoms with Gasteiger partial charge in [0, 0.05) is 5.56 Å². The van der Waals surface area contributed by atoms with Gasteiger partial charge in [-0.05, 0) is 36.4 Å². The van der Waals surface area contributed by atoms with Gasteiger partial charge in [0.1, 0.15) is 12.2 Å². The van der Waals surface area contributed by atoms with Crippen LogP contribution in [0.2, 0.25) is 0 Å². The number of nitrogens with one attached hydrogen (secondary N) is 1. The normalized spacial score (nSPS) is 12.4. The van der Waals surface area contributed by atoms with Crippen LogP contribution in [0.15, 0.2) is 122 Å². The van der Waals surface area contributed by atoms with E-state index in [-0.39, 0.29) is 6.04 Å². The van der Waals surface area contributed by atoms with E-state index in [2.05, 4.69) is 141 Å². The standard InChI is InChI=1S/C28H23N4/c1-3-11-22(12-4-1)28(31-20-29-24-15-7-8-16-25(24)31)19-30-21-32(23-13-5-2-6-14-23)27-18-10-9-17-26(27)30/h1-18,20-21,28H,19H2/q+1/p+1. The molecular formula is C28H24N4+2. The summed E-state index contributed by atoms with van der Waals surface area (Å²) in [6.07, 6.45) is 4.32. The predicted octanol–water partition coefficient (Wildman–Crippen LogP) is 4.98. The van der Waals surface area contributed by atoms with Crippen molar-refractivity contribution in [3.05, 3.63) is 127 Å². The summed E-state index contributed by atoms with van der Waals surface area (Å²) in [4.78, 5) is 3.44. The summed E-state index contributed by atoms with van der Waals surface area (Å²) in [5.41, 5.74) is 7.22. The molecule has 0 fully saturated rings. The number of nitrogens with zero attached hydrogens (tertiary/aromatic N) is 3. The SMILES string of the molecule is c1ccc(C(C[n+]2cn(-c3ccccc3)c3ccccc32)[n+]2c[nH]c3ccccc32)cc1. The number of aromatic amines is 1. The molecule has 32 heavy (non-hydrogen) atoms. The van der Waals surface area contributed by atoms with Gasteiger partial charge in [-0.1, -0.05) is 72.8 Å². The fourth-order valence-corrected chi connectivity index (χ4v) is 4.62. The molecule has 0 saturated heterocycles. The van der Waals surface area contributed by atoms with E-state index < -0.39 is 0 Å². The molecule has 6 aromatic rings. The Bertz CT molecular complexity index is 1500. The number of para-hydroxylation sites is 5. The second-order valence-electron chi connectivity index (χ2n) is 8.09. The van der Waals surface area contributed by atoms with Gasteiger partial charge in [-0.25, -0.2) is 14.1 Å². The molecule has 4 aromatic carbocycles. The molecular weight excluding hydrogens is 392 g/mol. The van der Waals surface area contributed by atoms with Gasteiger partial charge in [-0.2, -0.15) is 4.57 Å². The molecule has 0 amide bonds. The smallest absolute Gasteiger partial charge is 0.243 e. The maximum atomic E-state index is 3.44. The first-order valence-corrected chi connectivity index (χ1v) is 11.0. The van der Waals surface area contributed by atoms with E-state index in [0.717, 1.165) is 12.1 Å². The lowest BCUT2D eigenvalue weighted by atomic mass is 10.1. The van der Waals surface area contributed by atoms with E-state index in [0.29, 0.717) is 0 Å². The molecule has 0 bridgehead atoms. The van der Waals surface area contributed by atoms with E-state index in [1.54, 1.807) is 0 Å². The summed E-state index contributed by atoms with van der Waals surface area (Å²) < 4.78 is 7.00. The van der Waals surface area contributed by atoms with Gasteiger partial charge < -0.3 is 0 Å². The zero-order valence-corrected chi connectivity index (χ0v) is 17.7. The van der Waals surface area contributed by atoms with Crippen molar-refractivity contribution in [3.8, 4) is 5.69 Å². The molecule has 0 radical (unpaired) electrons. The zero-order chi connectivity index (χ0) is 21.3. The fourth-order valence-electron chi connectivity index (χ4n) is 4.62. The molecule has 4 nitrogen and oxygen atoms in total. The Kier molecular flexibility index (Phi) is 4.54. The Balaban J connectivity index is 1.52. The molecule has 154 valence electrons. The minimum absolute atomic E-state index is 0.146. The van der Waals surface area contributed by atoms with E-state index >= 15 is 0 Å². The van der Waals surface area contributed by atoms with E-state index in [9.17, 15) is 0 Å². The van der Waals surface area contributed by atoms with Crippen LogP contribution in [0.1, 0.15) is 11.6 Å². The van der Waals surface area contributed by atoms with Gasteiger partial charge >= 0.3 is 0 Å². The van der Waals surface area contributed by atoms with Gasteiger partial charge in [-0.3, -0.25) is 0 Å². The van der Waals surface area contributed by atoms with Crippen LogP contribution in [0.5, 0.6) is 0 Å². The van der Waals surface area contributed by atoms with Crippen LogP contribution in [0.25, 0.3) is 27.8 Å². The zero-order valence-electron chi connectivity index (χ0n) is 17.7. The fraction of sp³-hybridized carbons (Fsp3) is 0.0714. The van der Waals surface area contributed by atoms with Crippen molar-refractivity contribution in [2.24, 2.45) is 0 Å². The topological polar surface area (TPSA) is 28.5 Å². The number of rotatable bonds is 5. The Morgan fingerprint density at radius 3 is 2.16 bits per heavy atom. The van der Waals surface area contributed by atoms with Crippen molar-refractivity contribution in [2.45, 2.75) is 12.6 Å². The first-order valence-electron chi connectivity index (χ1n) is 11.0. The van der Waals surface area contributed by atoms with Crippen molar-refractivity contribution in [1.29, 1.82) is 0 Å². The highest BCUT2D eigenvalue weighted by Crippen LogP contribution is 2.20. The summed E-state index contributed by atoms with van der Waals surface area (Å²) in [7, 11) is 0. The highest BCUT2D eigenvalue weighted by atomic mass is 15.2. The van der Waals surface area contributed by atoms with Crippen LogP contribution in [-0.4, -0.2) is 9.55 Å². The maximum Gasteiger partial charge on any atom is 0.250 e. The van der Waals surface area contributed by atoms with Crippen molar-refractivity contribution in [1.82, 2.24) is 9.55 Å². The largest absolute Gasteiger partial charge is 0.250 e. The summed E-state index contributed by atoms with van der Waals surface area (Å²) in [5.74, 6) is 0. The Morgan fingerprint density at radius 2 is 1.34 bits per heavy atom. The van der Waals surface area contributed by atoms with Crippen LogP contribution in [0.3, 0.4) is 0 Å². The average Bonchev–Trinajstić information content (AvgIpc) is 3.45. The third-order valence-corrected chi connectivity index (χ3v) is 6.17. The third kappa shape index (κ3) is 3.17. The Labute approximate surface area is 186 Å². The Morgan fingerprint density at radius 1 is 0.688 bits per heavy atom. The number of benzene rings is 4. The molecule has 4 heteroatoms. The summed E-state index contributed by atoms with van der Waals surface area (Å²) in [5, 5.41) is 0. The summed E-state index contributed by atoms with van der Waals surface area (Å²) >= 11 is 0. The highest BCUT2D eigenvalue weighted by molar-refractivity contribution is 5.74. The third-order valence-electron chi connectivity index (χ3n) is 6.17. The van der Waals surface area contributed by atoms with Crippen LogP contribution in [0, 0.1) is 0 Å². The maximum absolute atomic E-state index is 3.44. The lowest BCUT2D eigenvalue weighted by Crippen LogP contribution is -2.48. The predicted molar refractivity (Wildman–Crippen MR) is 127 cm³/mol. The lowest BCUT2D eigenvalue weighted by Gasteiger charge is -2.13. The van der Waals surface area contributed by atoms with E-state index in [4.69, 9.17) is 0 Å². The number of hydrogen-bond acceptors (Lipinski definition) is 0. The van der Waals surface area contributed by atoms with Crippen molar-refractivity contribution in [3.63, 3.8) is 0 Å². The minimum atomic E-state index is 0.146.